The maximum atomic E-state index is 12.8. The van der Waals surface area contributed by atoms with E-state index >= 15 is 0 Å². The molecule has 0 aliphatic heterocycles. The summed E-state index contributed by atoms with van der Waals surface area (Å²) >= 11 is 0. The Balaban J connectivity index is 2.38. The molecule has 2 nitrogen and oxygen atoms in total. The van der Waals surface area contributed by atoms with Gasteiger partial charge in [-0.3, -0.25) is 0 Å². The van der Waals surface area contributed by atoms with Crippen LogP contribution < -0.4 is 0 Å². The van der Waals surface area contributed by atoms with E-state index in [-0.39, 0.29) is 18.6 Å². The van der Waals surface area contributed by atoms with Crippen molar-refractivity contribution in [3.8, 4) is 0 Å². The minimum Gasteiger partial charge on any atom is -0.360 e. The number of nitrogens with zero attached hydrogens (tertiary/aromatic N) is 1. The highest BCUT2D eigenvalue weighted by atomic mass is 19.4. The SMILES string of the molecule is Cc1cc(C2(C(F)(F)F)CCC2)on1. The molecule has 1 heterocycles. The second-order valence-corrected chi connectivity index (χ2v) is 3.77. The van der Waals surface area contributed by atoms with Crippen molar-refractivity contribution in [2.24, 2.45) is 0 Å². The fourth-order valence-corrected chi connectivity index (χ4v) is 1.79. The van der Waals surface area contributed by atoms with Crippen molar-refractivity contribution in [1.29, 1.82) is 0 Å². The number of alkyl halides is 3. The maximum absolute atomic E-state index is 12.8. The van der Waals surface area contributed by atoms with Gasteiger partial charge in [0.1, 0.15) is 5.41 Å². The summed E-state index contributed by atoms with van der Waals surface area (Å²) < 4.78 is 43.0. The first kappa shape index (κ1) is 9.55. The fourth-order valence-electron chi connectivity index (χ4n) is 1.79. The lowest BCUT2D eigenvalue weighted by Gasteiger charge is -2.40. The Labute approximate surface area is 79.1 Å². The molecular formula is C9H10F3NO. The lowest BCUT2D eigenvalue weighted by molar-refractivity contribution is -0.218. The summed E-state index contributed by atoms with van der Waals surface area (Å²) in [4.78, 5) is 0. The molecule has 0 aromatic carbocycles. The lowest BCUT2D eigenvalue weighted by Crippen LogP contribution is -2.47. The van der Waals surface area contributed by atoms with Crippen LogP contribution >= 0.6 is 0 Å². The second-order valence-electron chi connectivity index (χ2n) is 3.77. The van der Waals surface area contributed by atoms with E-state index in [1.54, 1.807) is 6.92 Å². The van der Waals surface area contributed by atoms with Crippen LogP contribution in [0.1, 0.15) is 30.7 Å². The molecule has 1 aromatic heterocycles. The number of aromatic nitrogens is 1. The van der Waals surface area contributed by atoms with Crippen molar-refractivity contribution in [1.82, 2.24) is 5.16 Å². The van der Waals surface area contributed by atoms with E-state index in [1.165, 1.54) is 6.07 Å². The molecule has 1 aliphatic carbocycles. The average Bonchev–Trinajstić information content (AvgIpc) is 2.29. The van der Waals surface area contributed by atoms with Crippen LogP contribution in [-0.2, 0) is 5.41 Å². The molecule has 0 radical (unpaired) electrons. The highest BCUT2D eigenvalue weighted by Crippen LogP contribution is 2.54. The zero-order valence-corrected chi connectivity index (χ0v) is 7.69. The Kier molecular flexibility index (Phi) is 1.87. The van der Waals surface area contributed by atoms with Crippen molar-refractivity contribution >= 4 is 0 Å². The van der Waals surface area contributed by atoms with Gasteiger partial charge >= 0.3 is 6.18 Å². The van der Waals surface area contributed by atoms with Gasteiger partial charge < -0.3 is 4.52 Å². The molecule has 0 bridgehead atoms. The van der Waals surface area contributed by atoms with Crippen LogP contribution in [0.4, 0.5) is 13.2 Å². The monoisotopic (exact) mass is 205 g/mol. The zero-order valence-electron chi connectivity index (χ0n) is 7.69. The molecule has 2 rings (SSSR count). The van der Waals surface area contributed by atoms with Crippen LogP contribution in [0.25, 0.3) is 0 Å². The predicted octanol–water partition coefficient (Wildman–Crippen LogP) is 2.97. The maximum Gasteiger partial charge on any atom is 0.401 e. The van der Waals surface area contributed by atoms with Crippen molar-refractivity contribution in [2.75, 3.05) is 0 Å². The topological polar surface area (TPSA) is 26.0 Å². The fraction of sp³-hybridized carbons (Fsp3) is 0.667. The third kappa shape index (κ3) is 1.14. The van der Waals surface area contributed by atoms with Crippen LogP contribution in [0.2, 0.25) is 0 Å². The van der Waals surface area contributed by atoms with E-state index in [9.17, 15) is 13.2 Å². The lowest BCUT2D eigenvalue weighted by atomic mass is 9.66. The quantitative estimate of drug-likeness (QED) is 0.704. The summed E-state index contributed by atoms with van der Waals surface area (Å²) in [6.07, 6.45) is -3.40. The summed E-state index contributed by atoms with van der Waals surface area (Å²) in [5.41, 5.74) is -1.26. The normalized spacial score (nSPS) is 20.6. The number of aryl methyl sites for hydroxylation is 1. The second kappa shape index (κ2) is 2.74. The molecule has 1 aliphatic rings. The van der Waals surface area contributed by atoms with Gasteiger partial charge in [0.05, 0.1) is 5.69 Å². The standard InChI is InChI=1S/C9H10F3NO/c1-6-5-7(14-13-6)8(3-2-4-8)9(10,11)12/h5H,2-4H2,1H3. The number of rotatable bonds is 1. The predicted molar refractivity (Wildman–Crippen MR) is 42.8 cm³/mol. The molecule has 5 heteroatoms. The summed E-state index contributed by atoms with van der Waals surface area (Å²) in [6, 6.07) is 1.38. The van der Waals surface area contributed by atoms with Gasteiger partial charge in [-0.15, -0.1) is 0 Å². The third-order valence-corrected chi connectivity index (χ3v) is 2.85. The van der Waals surface area contributed by atoms with E-state index in [1.807, 2.05) is 0 Å². The Morgan fingerprint density at radius 3 is 2.36 bits per heavy atom. The van der Waals surface area contributed by atoms with E-state index in [4.69, 9.17) is 4.52 Å². The molecule has 0 unspecified atom stereocenters. The Hall–Kier alpha value is -1.00. The van der Waals surface area contributed by atoms with Crippen LogP contribution in [0.15, 0.2) is 10.6 Å². The highest BCUT2D eigenvalue weighted by molar-refractivity contribution is 5.22. The first-order valence-electron chi connectivity index (χ1n) is 4.46. The van der Waals surface area contributed by atoms with E-state index in [2.05, 4.69) is 5.16 Å². The van der Waals surface area contributed by atoms with Crippen LogP contribution in [0.3, 0.4) is 0 Å². The largest absolute Gasteiger partial charge is 0.401 e. The summed E-state index contributed by atoms with van der Waals surface area (Å²) in [7, 11) is 0. The summed E-state index contributed by atoms with van der Waals surface area (Å²) in [5.74, 6) is -0.0336. The Morgan fingerprint density at radius 1 is 1.43 bits per heavy atom. The Bertz CT molecular complexity index is 338. The van der Waals surface area contributed by atoms with Crippen molar-refractivity contribution in [3.05, 3.63) is 17.5 Å². The molecule has 78 valence electrons. The van der Waals surface area contributed by atoms with Gasteiger partial charge in [-0.05, 0) is 19.8 Å². The van der Waals surface area contributed by atoms with E-state index < -0.39 is 11.6 Å². The zero-order chi connectivity index (χ0) is 10.4. The molecule has 1 saturated carbocycles. The first-order valence-corrected chi connectivity index (χ1v) is 4.46. The van der Waals surface area contributed by atoms with Gasteiger partial charge in [0.15, 0.2) is 5.76 Å². The molecule has 0 atom stereocenters. The van der Waals surface area contributed by atoms with Gasteiger partial charge in [0.25, 0.3) is 0 Å². The van der Waals surface area contributed by atoms with E-state index in [0.717, 1.165) is 0 Å². The summed E-state index contributed by atoms with van der Waals surface area (Å²) in [5, 5.41) is 3.50. The highest BCUT2D eigenvalue weighted by Gasteiger charge is 2.61. The average molecular weight is 205 g/mol. The molecule has 0 spiro atoms. The number of hydrogen-bond donors (Lipinski definition) is 0. The molecule has 0 saturated heterocycles. The van der Waals surface area contributed by atoms with Crippen LogP contribution in [-0.4, -0.2) is 11.3 Å². The first-order chi connectivity index (χ1) is 6.46. The van der Waals surface area contributed by atoms with Crippen LogP contribution in [0.5, 0.6) is 0 Å². The summed E-state index contributed by atoms with van der Waals surface area (Å²) in [6.45, 7) is 1.62. The smallest absolute Gasteiger partial charge is 0.360 e. The Morgan fingerprint density at radius 2 is 2.07 bits per heavy atom. The molecule has 0 amide bonds. The third-order valence-electron chi connectivity index (χ3n) is 2.85. The van der Waals surface area contributed by atoms with Gasteiger partial charge in [-0.2, -0.15) is 13.2 Å². The minimum atomic E-state index is -4.22. The molecule has 1 fully saturated rings. The number of halogens is 3. The molecule has 1 aromatic rings. The van der Waals surface area contributed by atoms with Crippen molar-refractivity contribution < 1.29 is 17.7 Å². The van der Waals surface area contributed by atoms with Crippen molar-refractivity contribution in [3.63, 3.8) is 0 Å². The van der Waals surface area contributed by atoms with Gasteiger partial charge in [-0.25, -0.2) is 0 Å². The van der Waals surface area contributed by atoms with E-state index in [0.29, 0.717) is 12.1 Å². The molecule has 0 N–H and O–H groups in total. The molecule has 14 heavy (non-hydrogen) atoms. The van der Waals surface area contributed by atoms with Gasteiger partial charge in [-0.1, -0.05) is 11.6 Å². The van der Waals surface area contributed by atoms with Crippen LogP contribution in [0, 0.1) is 6.92 Å². The number of hydrogen-bond acceptors (Lipinski definition) is 2. The minimum absolute atomic E-state index is 0.0336. The van der Waals surface area contributed by atoms with Crippen molar-refractivity contribution in [2.45, 2.75) is 37.8 Å². The van der Waals surface area contributed by atoms with Gasteiger partial charge in [0.2, 0.25) is 0 Å². The van der Waals surface area contributed by atoms with Gasteiger partial charge in [0, 0.05) is 6.07 Å². The molecular weight excluding hydrogens is 195 g/mol.